The Morgan fingerprint density at radius 2 is 2.18 bits per heavy atom. The summed E-state index contributed by atoms with van der Waals surface area (Å²) in [6, 6.07) is 5.57. The van der Waals surface area contributed by atoms with Gasteiger partial charge in [-0.3, -0.25) is 4.79 Å². The van der Waals surface area contributed by atoms with Gasteiger partial charge in [0.2, 0.25) is 0 Å². The first-order valence-electron chi connectivity index (χ1n) is 5.65. The number of aryl methyl sites for hydroxylation is 1. The number of amides is 1. The van der Waals surface area contributed by atoms with Crippen molar-refractivity contribution in [2.45, 2.75) is 13.8 Å². The third-order valence-corrected chi connectivity index (χ3v) is 2.63. The molecule has 3 heteroatoms. The van der Waals surface area contributed by atoms with Crippen LogP contribution in [0.25, 0.3) is 0 Å². The van der Waals surface area contributed by atoms with E-state index in [9.17, 15) is 4.79 Å². The van der Waals surface area contributed by atoms with Gasteiger partial charge in [0.25, 0.3) is 5.91 Å². The summed E-state index contributed by atoms with van der Waals surface area (Å²) in [6.45, 7) is 4.93. The van der Waals surface area contributed by atoms with E-state index < -0.39 is 0 Å². The lowest BCUT2D eigenvalue weighted by molar-refractivity contribution is 0.0802. The second-order valence-corrected chi connectivity index (χ2v) is 3.85. The number of nitrogens with zero attached hydrogens (tertiary/aromatic N) is 1. The number of nitrogens with two attached hydrogens (primary N) is 1. The van der Waals surface area contributed by atoms with Crippen molar-refractivity contribution in [2.24, 2.45) is 5.73 Å². The predicted octanol–water partition coefficient (Wildman–Crippen LogP) is 1.40. The van der Waals surface area contributed by atoms with Crippen molar-refractivity contribution in [1.82, 2.24) is 4.90 Å². The molecule has 17 heavy (non-hydrogen) atoms. The molecule has 0 aliphatic rings. The van der Waals surface area contributed by atoms with Gasteiger partial charge in [-0.15, -0.1) is 0 Å². The zero-order chi connectivity index (χ0) is 12.8. The summed E-state index contributed by atoms with van der Waals surface area (Å²) in [5, 5.41) is 0. The average molecular weight is 230 g/mol. The van der Waals surface area contributed by atoms with E-state index in [1.165, 1.54) is 0 Å². The summed E-state index contributed by atoms with van der Waals surface area (Å²) in [5.74, 6) is 5.80. The number of hydrogen-bond acceptors (Lipinski definition) is 2. The van der Waals surface area contributed by atoms with Crippen molar-refractivity contribution in [3.05, 3.63) is 34.9 Å². The van der Waals surface area contributed by atoms with Crippen molar-refractivity contribution in [3.8, 4) is 11.8 Å². The summed E-state index contributed by atoms with van der Waals surface area (Å²) in [4.78, 5) is 13.6. The maximum absolute atomic E-state index is 12.0. The zero-order valence-corrected chi connectivity index (χ0v) is 10.6. The number of benzene rings is 1. The first-order chi connectivity index (χ1) is 8.10. The van der Waals surface area contributed by atoms with Gasteiger partial charge in [-0.05, 0) is 31.5 Å². The Hall–Kier alpha value is -1.79. The highest BCUT2D eigenvalue weighted by Crippen LogP contribution is 2.11. The van der Waals surface area contributed by atoms with Crippen LogP contribution in [0.5, 0.6) is 0 Å². The fraction of sp³-hybridized carbons (Fsp3) is 0.357. The molecule has 90 valence electrons. The highest BCUT2D eigenvalue weighted by Gasteiger charge is 2.10. The van der Waals surface area contributed by atoms with Crippen LogP contribution in [0.1, 0.15) is 28.4 Å². The van der Waals surface area contributed by atoms with Gasteiger partial charge in [0.1, 0.15) is 0 Å². The number of rotatable bonds is 2. The van der Waals surface area contributed by atoms with Gasteiger partial charge in [-0.2, -0.15) is 0 Å². The SMILES string of the molecule is CCN(C)C(=O)c1ccc(C)c(C#CCN)c1. The average Bonchev–Trinajstić information content (AvgIpc) is 2.36. The van der Waals surface area contributed by atoms with E-state index in [-0.39, 0.29) is 5.91 Å². The molecule has 2 N–H and O–H groups in total. The number of carbonyl (C=O) groups is 1. The second kappa shape index (κ2) is 6.07. The Labute approximate surface area is 103 Å². The van der Waals surface area contributed by atoms with Crippen LogP contribution >= 0.6 is 0 Å². The highest BCUT2D eigenvalue weighted by molar-refractivity contribution is 5.94. The van der Waals surface area contributed by atoms with Gasteiger partial charge in [-0.25, -0.2) is 0 Å². The summed E-state index contributed by atoms with van der Waals surface area (Å²) < 4.78 is 0. The van der Waals surface area contributed by atoms with Crippen LogP contribution in [-0.4, -0.2) is 30.9 Å². The Bertz CT molecular complexity index is 469. The van der Waals surface area contributed by atoms with Crippen LogP contribution in [0.3, 0.4) is 0 Å². The fourth-order valence-corrected chi connectivity index (χ4v) is 1.40. The standard InChI is InChI=1S/C14H18N2O/c1-4-16(3)14(17)13-8-7-11(2)12(10-13)6-5-9-15/h7-8,10H,4,9,15H2,1-3H3. The molecule has 3 nitrogen and oxygen atoms in total. The number of hydrogen-bond donors (Lipinski definition) is 1. The predicted molar refractivity (Wildman–Crippen MR) is 69.7 cm³/mol. The lowest BCUT2D eigenvalue weighted by Crippen LogP contribution is -2.26. The Kier molecular flexibility index (Phi) is 4.74. The van der Waals surface area contributed by atoms with E-state index in [4.69, 9.17) is 5.73 Å². The third-order valence-electron chi connectivity index (χ3n) is 2.63. The van der Waals surface area contributed by atoms with Crippen LogP contribution in [0, 0.1) is 18.8 Å². The van der Waals surface area contributed by atoms with Crippen LogP contribution in [-0.2, 0) is 0 Å². The minimum absolute atomic E-state index is 0.0169. The van der Waals surface area contributed by atoms with Crippen molar-refractivity contribution in [2.75, 3.05) is 20.1 Å². The molecule has 0 unspecified atom stereocenters. The fourth-order valence-electron chi connectivity index (χ4n) is 1.40. The molecule has 1 aromatic carbocycles. The van der Waals surface area contributed by atoms with E-state index in [2.05, 4.69) is 11.8 Å². The van der Waals surface area contributed by atoms with Gasteiger partial charge >= 0.3 is 0 Å². The smallest absolute Gasteiger partial charge is 0.253 e. The van der Waals surface area contributed by atoms with Crippen LogP contribution in [0.4, 0.5) is 0 Å². The summed E-state index contributed by atoms with van der Waals surface area (Å²) in [6.07, 6.45) is 0. The minimum Gasteiger partial charge on any atom is -0.342 e. The molecule has 1 amide bonds. The van der Waals surface area contributed by atoms with Gasteiger partial charge in [0.15, 0.2) is 0 Å². The molecule has 1 aromatic rings. The molecule has 0 radical (unpaired) electrons. The van der Waals surface area contributed by atoms with Gasteiger partial charge < -0.3 is 10.6 Å². The normalized spacial score (nSPS) is 9.41. The van der Waals surface area contributed by atoms with Gasteiger partial charge in [0, 0.05) is 24.7 Å². The second-order valence-electron chi connectivity index (χ2n) is 3.85. The van der Waals surface area contributed by atoms with E-state index in [0.29, 0.717) is 18.7 Å². The molecule has 0 aliphatic carbocycles. The molecule has 0 saturated heterocycles. The van der Waals surface area contributed by atoms with Gasteiger partial charge in [0.05, 0.1) is 6.54 Å². The molecule has 0 fully saturated rings. The van der Waals surface area contributed by atoms with Crippen molar-refractivity contribution in [1.29, 1.82) is 0 Å². The molecule has 0 atom stereocenters. The summed E-state index contributed by atoms with van der Waals surface area (Å²) in [7, 11) is 1.79. The maximum atomic E-state index is 12.0. The van der Waals surface area contributed by atoms with Crippen LogP contribution in [0.15, 0.2) is 18.2 Å². The first kappa shape index (κ1) is 13.3. The summed E-state index contributed by atoms with van der Waals surface area (Å²) in [5.41, 5.74) is 7.94. The van der Waals surface area contributed by atoms with Crippen LogP contribution in [0.2, 0.25) is 0 Å². The maximum Gasteiger partial charge on any atom is 0.253 e. The molecular formula is C14H18N2O. The monoisotopic (exact) mass is 230 g/mol. The molecule has 0 aromatic heterocycles. The Balaban J connectivity index is 3.08. The van der Waals surface area contributed by atoms with Gasteiger partial charge in [-0.1, -0.05) is 17.9 Å². The molecule has 0 heterocycles. The van der Waals surface area contributed by atoms with E-state index in [0.717, 1.165) is 11.1 Å². The molecule has 0 spiro atoms. The van der Waals surface area contributed by atoms with Crippen LogP contribution < -0.4 is 5.73 Å². The topological polar surface area (TPSA) is 46.3 Å². The lowest BCUT2D eigenvalue weighted by atomic mass is 10.0. The minimum atomic E-state index is 0.0169. The third kappa shape index (κ3) is 3.33. The quantitative estimate of drug-likeness (QED) is 0.781. The van der Waals surface area contributed by atoms with E-state index >= 15 is 0 Å². The van der Waals surface area contributed by atoms with Crippen molar-refractivity contribution in [3.63, 3.8) is 0 Å². The molecule has 0 aliphatic heterocycles. The molecular weight excluding hydrogens is 212 g/mol. The molecule has 0 saturated carbocycles. The van der Waals surface area contributed by atoms with E-state index in [1.807, 2.05) is 32.0 Å². The first-order valence-corrected chi connectivity index (χ1v) is 5.65. The van der Waals surface area contributed by atoms with Crippen molar-refractivity contribution >= 4 is 5.91 Å². The Morgan fingerprint density at radius 3 is 2.76 bits per heavy atom. The van der Waals surface area contributed by atoms with E-state index in [1.54, 1.807) is 11.9 Å². The Morgan fingerprint density at radius 1 is 1.47 bits per heavy atom. The summed E-state index contributed by atoms with van der Waals surface area (Å²) >= 11 is 0. The zero-order valence-electron chi connectivity index (χ0n) is 10.6. The molecule has 0 bridgehead atoms. The van der Waals surface area contributed by atoms with Crippen molar-refractivity contribution < 1.29 is 4.79 Å². The highest BCUT2D eigenvalue weighted by atomic mass is 16.2. The number of carbonyl (C=O) groups excluding carboxylic acids is 1. The largest absolute Gasteiger partial charge is 0.342 e. The molecule has 1 rings (SSSR count). The lowest BCUT2D eigenvalue weighted by Gasteiger charge is -2.14.